The molecule has 0 spiro atoms. The van der Waals surface area contributed by atoms with Gasteiger partial charge < -0.3 is 5.32 Å². The highest BCUT2D eigenvalue weighted by Gasteiger charge is 2.04. The molecule has 0 amide bonds. The van der Waals surface area contributed by atoms with E-state index in [0.717, 1.165) is 0 Å². The molecule has 80 valence electrons. The molecule has 0 atom stereocenters. The van der Waals surface area contributed by atoms with Crippen LogP contribution in [-0.4, -0.2) is 19.9 Å². The van der Waals surface area contributed by atoms with Gasteiger partial charge >= 0.3 is 0 Å². The van der Waals surface area contributed by atoms with Crippen molar-refractivity contribution in [1.82, 2.24) is 15.0 Å². The van der Waals surface area contributed by atoms with Crippen molar-refractivity contribution in [2.45, 2.75) is 0 Å². The third-order valence-corrected chi connectivity index (χ3v) is 1.83. The van der Waals surface area contributed by atoms with Gasteiger partial charge in [-0.3, -0.25) is 10.1 Å². The number of nitro benzene ring substituents is 1. The maximum absolute atomic E-state index is 10.4. The Morgan fingerprint density at radius 2 is 1.75 bits per heavy atom. The molecule has 1 heterocycles. The highest BCUT2D eigenvalue weighted by Crippen LogP contribution is 2.17. The van der Waals surface area contributed by atoms with Crippen LogP contribution in [0.4, 0.5) is 17.3 Å². The van der Waals surface area contributed by atoms with Gasteiger partial charge in [-0.15, -0.1) is 0 Å². The number of anilines is 2. The second-order valence-corrected chi connectivity index (χ2v) is 2.89. The molecular weight excluding hydrogens is 210 g/mol. The number of rotatable bonds is 3. The van der Waals surface area contributed by atoms with Crippen LogP contribution in [0.1, 0.15) is 0 Å². The Morgan fingerprint density at radius 3 is 2.31 bits per heavy atom. The van der Waals surface area contributed by atoms with E-state index >= 15 is 0 Å². The van der Waals surface area contributed by atoms with Gasteiger partial charge in [0, 0.05) is 17.8 Å². The van der Waals surface area contributed by atoms with Crippen LogP contribution in [0.2, 0.25) is 0 Å². The maximum atomic E-state index is 10.4. The second-order valence-electron chi connectivity index (χ2n) is 2.89. The van der Waals surface area contributed by atoms with Crippen molar-refractivity contribution in [3.05, 3.63) is 47.0 Å². The third kappa shape index (κ3) is 2.27. The van der Waals surface area contributed by atoms with Crippen molar-refractivity contribution in [3.63, 3.8) is 0 Å². The summed E-state index contributed by atoms with van der Waals surface area (Å²) in [7, 11) is 0. The first-order valence-corrected chi connectivity index (χ1v) is 4.39. The normalized spacial score (nSPS) is 9.75. The molecule has 0 saturated carbocycles. The molecule has 2 rings (SSSR count). The number of nitrogens with zero attached hydrogens (tertiary/aromatic N) is 4. The quantitative estimate of drug-likeness (QED) is 0.618. The van der Waals surface area contributed by atoms with Gasteiger partial charge in [-0.25, -0.2) is 15.0 Å². The minimum absolute atomic E-state index is 0.0428. The SMILES string of the molecule is O=[N+]([O-])c1ccc(Nc2ncncn2)cc1. The number of nitro groups is 1. The lowest BCUT2D eigenvalue weighted by Gasteiger charge is -2.02. The minimum Gasteiger partial charge on any atom is -0.324 e. The Bertz CT molecular complexity index is 485. The molecule has 2 aromatic rings. The molecule has 0 fully saturated rings. The molecule has 7 heteroatoms. The van der Waals surface area contributed by atoms with Crippen LogP contribution < -0.4 is 5.32 Å². The van der Waals surface area contributed by atoms with Crippen molar-refractivity contribution in [3.8, 4) is 0 Å². The predicted octanol–water partition coefficient (Wildman–Crippen LogP) is 1.52. The third-order valence-electron chi connectivity index (χ3n) is 1.83. The van der Waals surface area contributed by atoms with E-state index in [2.05, 4.69) is 20.3 Å². The minimum atomic E-state index is -0.452. The molecule has 1 N–H and O–H groups in total. The summed E-state index contributed by atoms with van der Waals surface area (Å²) >= 11 is 0. The lowest BCUT2D eigenvalue weighted by molar-refractivity contribution is -0.384. The summed E-state index contributed by atoms with van der Waals surface area (Å²) in [5.74, 6) is 0.392. The van der Waals surface area contributed by atoms with Crippen molar-refractivity contribution in [1.29, 1.82) is 0 Å². The van der Waals surface area contributed by atoms with Crippen molar-refractivity contribution in [2.24, 2.45) is 0 Å². The predicted molar refractivity (Wildman–Crippen MR) is 56.2 cm³/mol. The van der Waals surface area contributed by atoms with Gasteiger partial charge in [0.15, 0.2) is 0 Å². The van der Waals surface area contributed by atoms with E-state index in [9.17, 15) is 10.1 Å². The maximum Gasteiger partial charge on any atom is 0.269 e. The van der Waals surface area contributed by atoms with Gasteiger partial charge in [-0.05, 0) is 12.1 Å². The van der Waals surface area contributed by atoms with Crippen LogP contribution in [0.25, 0.3) is 0 Å². The highest BCUT2D eigenvalue weighted by molar-refractivity contribution is 5.55. The largest absolute Gasteiger partial charge is 0.324 e. The van der Waals surface area contributed by atoms with Crippen molar-refractivity contribution in [2.75, 3.05) is 5.32 Å². The Kier molecular flexibility index (Phi) is 2.68. The molecule has 0 aliphatic rings. The van der Waals surface area contributed by atoms with Crippen LogP contribution >= 0.6 is 0 Å². The van der Waals surface area contributed by atoms with Gasteiger partial charge in [0.25, 0.3) is 5.69 Å². The molecule has 1 aromatic carbocycles. The molecular formula is C9H7N5O2. The highest BCUT2D eigenvalue weighted by atomic mass is 16.6. The molecule has 0 radical (unpaired) electrons. The first-order chi connectivity index (χ1) is 7.75. The van der Waals surface area contributed by atoms with E-state index in [4.69, 9.17) is 0 Å². The molecule has 16 heavy (non-hydrogen) atoms. The summed E-state index contributed by atoms with van der Waals surface area (Å²) in [5.41, 5.74) is 0.720. The number of benzene rings is 1. The van der Waals surface area contributed by atoms with Crippen LogP contribution in [-0.2, 0) is 0 Å². The van der Waals surface area contributed by atoms with Crippen molar-refractivity contribution < 1.29 is 4.92 Å². The lowest BCUT2D eigenvalue weighted by Crippen LogP contribution is -1.96. The smallest absolute Gasteiger partial charge is 0.269 e. The Morgan fingerprint density at radius 1 is 1.12 bits per heavy atom. The lowest BCUT2D eigenvalue weighted by atomic mass is 10.3. The number of hydrogen-bond donors (Lipinski definition) is 1. The fourth-order valence-corrected chi connectivity index (χ4v) is 1.10. The van der Waals surface area contributed by atoms with E-state index in [0.29, 0.717) is 11.6 Å². The molecule has 0 aliphatic carbocycles. The monoisotopic (exact) mass is 217 g/mol. The first kappa shape index (κ1) is 9.97. The molecule has 0 bridgehead atoms. The van der Waals surface area contributed by atoms with Gasteiger partial charge in [-0.1, -0.05) is 0 Å². The Hall–Kier alpha value is -2.57. The zero-order chi connectivity index (χ0) is 11.4. The zero-order valence-electron chi connectivity index (χ0n) is 8.07. The zero-order valence-corrected chi connectivity index (χ0v) is 8.07. The summed E-state index contributed by atoms with van der Waals surface area (Å²) in [6.45, 7) is 0. The average molecular weight is 217 g/mol. The van der Waals surface area contributed by atoms with E-state index in [1.54, 1.807) is 12.1 Å². The standard InChI is InChI=1S/C9H7N5O2/c15-14(16)8-3-1-7(2-4-8)13-9-11-5-10-6-12-9/h1-6H,(H,10,11,12,13). The van der Waals surface area contributed by atoms with E-state index in [-0.39, 0.29) is 5.69 Å². The molecule has 1 aromatic heterocycles. The van der Waals surface area contributed by atoms with Gasteiger partial charge in [-0.2, -0.15) is 0 Å². The van der Waals surface area contributed by atoms with E-state index in [1.807, 2.05) is 0 Å². The Labute approximate surface area is 90.4 Å². The number of hydrogen-bond acceptors (Lipinski definition) is 6. The first-order valence-electron chi connectivity index (χ1n) is 4.39. The summed E-state index contributed by atoms with van der Waals surface area (Å²) in [5, 5.41) is 13.3. The van der Waals surface area contributed by atoms with Gasteiger partial charge in [0.05, 0.1) is 4.92 Å². The summed E-state index contributed by atoms with van der Waals surface area (Å²) in [4.78, 5) is 21.4. The van der Waals surface area contributed by atoms with Gasteiger partial charge in [0.1, 0.15) is 12.7 Å². The average Bonchev–Trinajstić information content (AvgIpc) is 2.31. The molecule has 0 unspecified atom stereocenters. The summed E-state index contributed by atoms with van der Waals surface area (Å²) < 4.78 is 0. The molecule has 0 aliphatic heterocycles. The van der Waals surface area contributed by atoms with Crippen LogP contribution in [0.5, 0.6) is 0 Å². The number of nitrogens with one attached hydrogen (secondary N) is 1. The number of aromatic nitrogens is 3. The van der Waals surface area contributed by atoms with Crippen LogP contribution in [0, 0.1) is 10.1 Å². The summed E-state index contributed by atoms with van der Waals surface area (Å²) in [6, 6.07) is 5.98. The molecule has 7 nitrogen and oxygen atoms in total. The summed E-state index contributed by atoms with van der Waals surface area (Å²) in [6.07, 6.45) is 2.72. The second kappa shape index (κ2) is 4.30. The number of non-ortho nitro benzene ring substituents is 1. The van der Waals surface area contributed by atoms with Gasteiger partial charge in [0.2, 0.25) is 5.95 Å². The van der Waals surface area contributed by atoms with Crippen molar-refractivity contribution >= 4 is 17.3 Å². The van der Waals surface area contributed by atoms with Crippen LogP contribution in [0.15, 0.2) is 36.9 Å². The molecule has 0 saturated heterocycles. The van der Waals surface area contributed by atoms with E-state index in [1.165, 1.54) is 24.8 Å². The Balaban J connectivity index is 2.14. The topological polar surface area (TPSA) is 93.8 Å². The van der Waals surface area contributed by atoms with E-state index < -0.39 is 4.92 Å². The fraction of sp³-hybridized carbons (Fsp3) is 0. The van der Waals surface area contributed by atoms with Crippen LogP contribution in [0.3, 0.4) is 0 Å². The fourth-order valence-electron chi connectivity index (χ4n) is 1.10.